The summed E-state index contributed by atoms with van der Waals surface area (Å²) < 4.78 is 111. The monoisotopic (exact) mass is 1430 g/mol. The summed E-state index contributed by atoms with van der Waals surface area (Å²) in [5.74, 6) is -1.80. The van der Waals surface area contributed by atoms with Crippen molar-refractivity contribution in [2.45, 2.75) is 162 Å². The fourth-order valence-electron chi connectivity index (χ4n) is 6.77. The normalized spacial score (nSPS) is 22.1. The number of ketones is 1. The Labute approximate surface area is 591 Å². The molecule has 7 unspecified atom stereocenters. The second-order valence-corrected chi connectivity index (χ2v) is 23.5. The van der Waals surface area contributed by atoms with Gasteiger partial charge in [0.1, 0.15) is 17.3 Å². The first-order chi connectivity index (χ1) is 45.9. The topological polar surface area (TPSA) is 270 Å². The highest BCUT2D eigenvalue weighted by Crippen LogP contribution is 2.39. The maximum absolute atomic E-state index is 11.5. The molecule has 27 heteroatoms. The smallest absolute Gasteiger partial charge is 0.422 e. The fourth-order valence-corrected chi connectivity index (χ4v) is 6.77. The van der Waals surface area contributed by atoms with Crippen molar-refractivity contribution >= 4 is 48.1 Å². The number of halogens is 3. The number of alkyl halides is 3. The predicted octanol–water partition coefficient (Wildman–Crippen LogP) is 11.3. The van der Waals surface area contributed by atoms with Crippen molar-refractivity contribution < 1.29 is 118 Å². The number of allylic oxidation sites excluding steroid dienone is 1. The van der Waals surface area contributed by atoms with Gasteiger partial charge in [0.15, 0.2) is 5.78 Å². The second-order valence-electron chi connectivity index (χ2n) is 23.5. The van der Waals surface area contributed by atoms with Crippen LogP contribution in [0.2, 0.25) is 0 Å². The minimum atomic E-state index is -4.69. The Kier molecular flexibility index (Phi) is 65.4. The molecule has 1 saturated carbocycles. The third-order valence-electron chi connectivity index (χ3n) is 13.8. The summed E-state index contributed by atoms with van der Waals surface area (Å²) in [5, 5.41) is 0. The molecule has 574 valence electrons. The van der Waals surface area contributed by atoms with Gasteiger partial charge in [-0.3, -0.25) is 19.3 Å². The summed E-state index contributed by atoms with van der Waals surface area (Å²) in [7, 11) is 15.0. The number of likely N-dealkylation sites (N-methyl/N-ethyl adjacent to an activating group) is 1. The maximum Gasteiger partial charge on any atom is 0.422 e. The molecule has 8 aliphatic heterocycles. The van der Waals surface area contributed by atoms with Gasteiger partial charge in [-0.2, -0.15) is 25.8 Å². The maximum atomic E-state index is 11.5. The van der Waals surface area contributed by atoms with Crippen molar-refractivity contribution in [2.24, 2.45) is 16.7 Å². The molecular weight excluding hydrogens is 1310 g/mol. The molecule has 0 radical (unpaired) electrons. The van der Waals surface area contributed by atoms with Gasteiger partial charge in [-0.1, -0.05) is 73.1 Å². The van der Waals surface area contributed by atoms with Crippen LogP contribution < -0.4 is 0 Å². The highest BCUT2D eigenvalue weighted by Gasteiger charge is 2.44. The largest absolute Gasteiger partial charge is 0.505 e. The second kappa shape index (κ2) is 61.7. The predicted molar refractivity (Wildman–Crippen MR) is 378 cm³/mol. The number of imide groups is 1. The fraction of sp³-hybridized carbons (Fsp3) is 0.718. The lowest BCUT2D eigenvalue weighted by Gasteiger charge is -2.39. The first kappa shape index (κ1) is 104. The van der Waals surface area contributed by atoms with Crippen LogP contribution in [-0.2, 0) is 105 Å². The molecule has 0 aromatic rings. The van der Waals surface area contributed by atoms with E-state index in [1.54, 1.807) is 61.9 Å². The highest BCUT2D eigenvalue weighted by molar-refractivity contribution is 7.79. The van der Waals surface area contributed by atoms with Crippen LogP contribution in [-0.4, -0.2) is 245 Å². The zero-order valence-corrected chi connectivity index (χ0v) is 64.0. The van der Waals surface area contributed by atoms with Gasteiger partial charge in [-0.25, -0.2) is 14.4 Å². The molecule has 9 rings (SSSR count). The van der Waals surface area contributed by atoms with Crippen LogP contribution in [0.15, 0.2) is 87.3 Å². The zero-order valence-electron chi connectivity index (χ0n) is 63.1. The first-order valence-corrected chi connectivity index (χ1v) is 32.8. The molecule has 0 spiro atoms. The van der Waals surface area contributed by atoms with E-state index in [1.807, 2.05) is 13.8 Å². The van der Waals surface area contributed by atoms with Crippen LogP contribution in [0.3, 0.4) is 0 Å². The number of ether oxygens (including phenoxy) is 16. The van der Waals surface area contributed by atoms with E-state index in [4.69, 9.17) is 52.1 Å². The molecule has 0 N–H and O–H groups in total. The molecule has 98 heavy (non-hydrogen) atoms. The van der Waals surface area contributed by atoms with Gasteiger partial charge in [-0.05, 0) is 91.9 Å². The van der Waals surface area contributed by atoms with E-state index in [9.17, 15) is 41.9 Å². The number of rotatable bonds is 19. The van der Waals surface area contributed by atoms with E-state index < -0.39 is 23.7 Å². The quantitative estimate of drug-likeness (QED) is 0.0184. The number of carbonyl (C=O) groups is 6. The number of thiol groups is 1. The molecule has 0 aromatic heterocycles. The standard InChI is InChI=1S/C8H14O2.C7H14O2.C7H14O.C5H5F3O2.C5H5NO2.C5H10O2.C5H8O2.C5H10O.C5H8O.C4H8O2.C4H6O2.C4H8O.2C3H6O.CH4S/c1-9-5-6-2-3-7-8(4-6)10-7;1-3-7(4-8-2)5-9-6-7;1-3-4-7(2)5-8-6-7;1-3(4(9)10-2)5(6,7)8;1-6-4(7)2-3-5(6)8;1-5(3-6-2)4-7-5;1-4(2)5(6)7-3;1-4-5(2,3)6-4;1-3-5(6)4-2;1-5-2-4-3-6-4;1-3-4(5)6-2;1-3-4-5-2;1-3-2-4-3;1-3-4-2;1-2/h6-8H,2-5H2,1H3;3-6H2,1-2H3;3-6H2,1-2H3;1H2,2H3;2-3H,1H3;3-4H2,1-2H3;1H2,2-3H3;4H,1-3H3;3H,1,4H2,2H3;4H,2-3H2,1H3;3H,1H2,2H3;3H,1,4H2,2H3;3H,2H2,1H3;3H,1H2,2H3;2H,1H3. The van der Waals surface area contributed by atoms with Gasteiger partial charge >= 0.3 is 24.1 Å². The number of esters is 3. The van der Waals surface area contributed by atoms with Crippen LogP contribution in [0, 0.1) is 16.7 Å². The molecular formula is C71H126F3NO22S. The Bertz CT molecular complexity index is 2170. The Morgan fingerprint density at radius 3 is 1.31 bits per heavy atom. The first-order valence-electron chi connectivity index (χ1n) is 31.9. The third-order valence-corrected chi connectivity index (χ3v) is 13.8. The third kappa shape index (κ3) is 61.9. The van der Waals surface area contributed by atoms with Crippen molar-refractivity contribution in [2.75, 3.05) is 157 Å². The Hall–Kier alpha value is -5.14. The van der Waals surface area contributed by atoms with E-state index in [0.29, 0.717) is 60.0 Å². The summed E-state index contributed by atoms with van der Waals surface area (Å²) in [6, 6.07) is 0. The average molecular weight is 1430 g/mol. The lowest BCUT2D eigenvalue weighted by molar-refractivity contribution is -0.148. The number of hydrogen-bond acceptors (Lipinski definition) is 23. The molecule has 7 atom stereocenters. The highest BCUT2D eigenvalue weighted by atomic mass is 32.1. The molecule has 23 nitrogen and oxygen atoms in total. The number of epoxide rings is 5. The van der Waals surface area contributed by atoms with Gasteiger partial charge in [0.2, 0.25) is 0 Å². The van der Waals surface area contributed by atoms with Crippen molar-refractivity contribution in [3.63, 3.8) is 0 Å². The van der Waals surface area contributed by atoms with Gasteiger partial charge in [-0.15, -0.1) is 6.58 Å². The molecule has 0 bridgehead atoms. The van der Waals surface area contributed by atoms with Gasteiger partial charge < -0.3 is 75.8 Å². The van der Waals surface area contributed by atoms with Gasteiger partial charge in [0, 0.05) is 90.3 Å². The molecule has 0 aromatic carbocycles. The summed E-state index contributed by atoms with van der Waals surface area (Å²) in [5.41, 5.74) is 0.149. The lowest BCUT2D eigenvalue weighted by atomic mass is 9.84. The number of amides is 2. The Morgan fingerprint density at radius 1 is 0.704 bits per heavy atom. The van der Waals surface area contributed by atoms with E-state index in [2.05, 4.69) is 124 Å². The van der Waals surface area contributed by atoms with E-state index in [-0.39, 0.29) is 34.8 Å². The van der Waals surface area contributed by atoms with E-state index >= 15 is 0 Å². The number of fused-ring (bicyclic) bond motifs is 1. The molecule has 2 amide bonds. The van der Waals surface area contributed by atoms with Crippen molar-refractivity contribution in [1.29, 1.82) is 0 Å². The van der Waals surface area contributed by atoms with Crippen LogP contribution in [0.4, 0.5) is 13.2 Å². The number of hydrogen-bond donors (Lipinski definition) is 1. The molecule has 8 fully saturated rings. The van der Waals surface area contributed by atoms with Crippen molar-refractivity contribution in [3.8, 4) is 0 Å². The molecule has 1 aliphatic carbocycles. The molecule has 8 heterocycles. The van der Waals surface area contributed by atoms with Crippen LogP contribution in [0.1, 0.15) is 114 Å². The van der Waals surface area contributed by atoms with Crippen LogP contribution in [0.5, 0.6) is 0 Å². The lowest BCUT2D eigenvalue weighted by Crippen LogP contribution is -2.45. The minimum absolute atomic E-state index is 0.0781. The summed E-state index contributed by atoms with van der Waals surface area (Å²) in [6.45, 7) is 49.9. The van der Waals surface area contributed by atoms with E-state index in [1.165, 1.54) is 84.3 Å². The van der Waals surface area contributed by atoms with E-state index in [0.717, 1.165) is 96.7 Å². The number of carbonyl (C=O) groups excluding carboxylic acids is 6. The summed E-state index contributed by atoms with van der Waals surface area (Å²) in [6.07, 6.45) is 15.9. The average Bonchev–Trinajstić information content (AvgIpc) is 1.78. The Balaban J connectivity index is -0.000000234. The number of methoxy groups -OCH3 is 9. The van der Waals surface area contributed by atoms with Crippen molar-refractivity contribution in [1.82, 2.24) is 4.90 Å². The number of nitrogens with zero attached hydrogens (tertiary/aromatic N) is 1. The summed E-state index contributed by atoms with van der Waals surface area (Å²) in [4.78, 5) is 62.1. The molecule has 7 saturated heterocycles. The van der Waals surface area contributed by atoms with Crippen LogP contribution >= 0.6 is 12.6 Å². The summed E-state index contributed by atoms with van der Waals surface area (Å²) >= 11 is 3.53. The van der Waals surface area contributed by atoms with Gasteiger partial charge in [0.25, 0.3) is 11.8 Å². The van der Waals surface area contributed by atoms with Crippen LogP contribution in [0.25, 0.3) is 0 Å². The van der Waals surface area contributed by atoms with Crippen molar-refractivity contribution in [3.05, 3.63) is 87.3 Å². The Morgan fingerprint density at radius 2 is 1.17 bits per heavy atom. The zero-order chi connectivity index (χ0) is 77.2. The minimum Gasteiger partial charge on any atom is -0.505 e. The SMILES string of the molecule is C=C(C(=O)OC)C(F)(F)F.C=C(C)C(=O)OC.C=CC(=O)CC.C=CC(=O)OC.C=CCOC.C=COC.CC1CO1.CC1OC1(C)C.CCC1(COC)COC1.CCCC1(C)COC1.CN1C(=O)C=CC1=O.COCC1(C)CO1.COCC1CCC2OC2C1.COCC1CO1.CS. The molecule has 9 aliphatic rings. The van der Waals surface area contributed by atoms with Gasteiger partial charge in [0.05, 0.1) is 137 Å².